The number of ketones is 1. The maximum absolute atomic E-state index is 13.6. The van der Waals surface area contributed by atoms with Gasteiger partial charge in [-0.05, 0) is 42.0 Å². The minimum Gasteiger partial charge on any atom is -0.289 e. The molecule has 2 heterocycles. The first-order valence-electron chi connectivity index (χ1n) is 10.6. The topological polar surface area (TPSA) is 63.2 Å². The molecule has 0 aliphatic heterocycles. The van der Waals surface area contributed by atoms with E-state index >= 15 is 0 Å². The maximum atomic E-state index is 13.6. The summed E-state index contributed by atoms with van der Waals surface area (Å²) in [4.78, 5) is 36.9. The van der Waals surface area contributed by atoms with Crippen LogP contribution in [0.3, 0.4) is 0 Å². The number of pyridine rings is 1. The van der Waals surface area contributed by atoms with Crippen LogP contribution in [0, 0.1) is 0 Å². The molecule has 5 rings (SSSR count). The van der Waals surface area contributed by atoms with Crippen LogP contribution in [0.4, 0.5) is 5.13 Å². The highest BCUT2D eigenvalue weighted by Crippen LogP contribution is 2.32. The van der Waals surface area contributed by atoms with Gasteiger partial charge in [0, 0.05) is 33.6 Å². The molecular weight excluding hydrogens is 510 g/mol. The summed E-state index contributed by atoms with van der Waals surface area (Å²) in [5.41, 5.74) is 3.35. The number of anilines is 1. The molecule has 0 aliphatic carbocycles. The highest BCUT2D eigenvalue weighted by molar-refractivity contribution is 9.10. The summed E-state index contributed by atoms with van der Waals surface area (Å²) in [6.07, 6.45) is 3.44. The molecule has 3 aromatic carbocycles. The van der Waals surface area contributed by atoms with E-state index < -0.39 is 0 Å². The van der Waals surface area contributed by atoms with Crippen molar-refractivity contribution in [1.29, 1.82) is 0 Å². The Morgan fingerprint density at radius 1 is 0.853 bits per heavy atom. The summed E-state index contributed by atoms with van der Waals surface area (Å²) in [5, 5.41) is 0.603. The second-order valence-corrected chi connectivity index (χ2v) is 9.56. The predicted molar refractivity (Wildman–Crippen MR) is 138 cm³/mol. The van der Waals surface area contributed by atoms with E-state index in [9.17, 15) is 9.59 Å². The van der Waals surface area contributed by atoms with Crippen molar-refractivity contribution in [3.8, 4) is 0 Å². The lowest BCUT2D eigenvalue weighted by Crippen LogP contribution is -2.30. The Morgan fingerprint density at radius 3 is 2.32 bits per heavy atom. The molecule has 0 saturated heterocycles. The summed E-state index contributed by atoms with van der Waals surface area (Å²) in [6, 6.07) is 25.5. The van der Waals surface area contributed by atoms with Gasteiger partial charge in [-0.3, -0.25) is 19.5 Å². The molecule has 5 aromatic rings. The largest absolute Gasteiger partial charge is 0.289 e. The van der Waals surface area contributed by atoms with Gasteiger partial charge in [-0.15, -0.1) is 0 Å². The lowest BCUT2D eigenvalue weighted by molar-refractivity contribution is 0.0982. The average molecular weight is 528 g/mol. The van der Waals surface area contributed by atoms with Gasteiger partial charge in [0.25, 0.3) is 5.91 Å². The number of nitrogens with zero attached hydrogens (tertiary/aromatic N) is 3. The number of rotatable bonds is 6. The maximum Gasteiger partial charge on any atom is 0.260 e. The summed E-state index contributed by atoms with van der Waals surface area (Å²) >= 11 is 4.95. The molecule has 2 aromatic heterocycles. The van der Waals surface area contributed by atoms with Gasteiger partial charge in [0.1, 0.15) is 0 Å². The number of carbonyl (C=O) groups excluding carboxylic acids is 2. The number of fused-ring (bicyclic) bond motifs is 1. The monoisotopic (exact) mass is 527 g/mol. The molecule has 0 radical (unpaired) electrons. The number of carbonyl (C=O) groups is 2. The predicted octanol–water partition coefficient (Wildman–Crippen LogP) is 6.53. The van der Waals surface area contributed by atoms with E-state index in [1.807, 2.05) is 48.5 Å². The van der Waals surface area contributed by atoms with E-state index in [0.29, 0.717) is 28.4 Å². The van der Waals surface area contributed by atoms with Gasteiger partial charge in [0.05, 0.1) is 16.8 Å². The molecule has 0 aliphatic rings. The first-order chi connectivity index (χ1) is 16.6. The number of hydrogen-bond donors (Lipinski definition) is 0. The minimum absolute atomic E-state index is 0.0800. The van der Waals surface area contributed by atoms with Gasteiger partial charge in [-0.1, -0.05) is 75.8 Å². The molecule has 166 valence electrons. The first kappa shape index (κ1) is 22.1. The zero-order chi connectivity index (χ0) is 23.5. The molecule has 0 spiro atoms. The first-order valence-corrected chi connectivity index (χ1v) is 12.2. The van der Waals surface area contributed by atoms with Crippen LogP contribution in [0.1, 0.15) is 31.8 Å². The second-order valence-electron chi connectivity index (χ2n) is 7.63. The Bertz CT molecular complexity index is 1470. The minimum atomic E-state index is -0.194. The Balaban J connectivity index is 1.48. The smallest absolute Gasteiger partial charge is 0.260 e. The van der Waals surface area contributed by atoms with Gasteiger partial charge >= 0.3 is 0 Å². The molecule has 0 saturated carbocycles. The fraction of sp³-hybridized carbons (Fsp3) is 0.0370. The molecule has 0 atom stereocenters. The SMILES string of the molecule is O=C(c1ccccc1)c1ccc(C(=O)N(Cc2cccnc2)c2nc3ccc(Br)cc3s2)cc1. The van der Waals surface area contributed by atoms with Crippen LogP contribution < -0.4 is 4.90 Å². The van der Waals surface area contributed by atoms with E-state index in [4.69, 9.17) is 4.98 Å². The van der Waals surface area contributed by atoms with E-state index in [2.05, 4.69) is 20.9 Å². The summed E-state index contributed by atoms with van der Waals surface area (Å²) in [6.45, 7) is 0.332. The zero-order valence-electron chi connectivity index (χ0n) is 17.9. The quantitative estimate of drug-likeness (QED) is 0.235. The number of aromatic nitrogens is 2. The van der Waals surface area contributed by atoms with Crippen molar-refractivity contribution in [2.75, 3.05) is 4.90 Å². The summed E-state index contributed by atoms with van der Waals surface area (Å²) in [5.74, 6) is -0.274. The lowest BCUT2D eigenvalue weighted by Gasteiger charge is -2.20. The van der Waals surface area contributed by atoms with Gasteiger partial charge in [-0.2, -0.15) is 0 Å². The number of benzene rings is 3. The molecule has 5 nitrogen and oxygen atoms in total. The second kappa shape index (κ2) is 9.67. The number of thiazole rings is 1. The fourth-order valence-corrected chi connectivity index (χ4v) is 5.09. The molecule has 0 bridgehead atoms. The number of halogens is 1. The van der Waals surface area contributed by atoms with Crippen LogP contribution >= 0.6 is 27.3 Å². The van der Waals surface area contributed by atoms with E-state index in [1.54, 1.807) is 53.7 Å². The van der Waals surface area contributed by atoms with Crippen LogP contribution in [0.25, 0.3) is 10.2 Å². The summed E-state index contributed by atoms with van der Waals surface area (Å²) < 4.78 is 1.94. The zero-order valence-corrected chi connectivity index (χ0v) is 20.3. The van der Waals surface area contributed by atoms with Crippen LogP contribution in [-0.2, 0) is 6.54 Å². The van der Waals surface area contributed by atoms with Crippen molar-refractivity contribution >= 4 is 54.3 Å². The van der Waals surface area contributed by atoms with Gasteiger partial charge in [-0.25, -0.2) is 4.98 Å². The standard InChI is InChI=1S/C27H18BrN3O2S/c28-22-12-13-23-24(15-22)34-27(30-23)31(17-18-5-4-14-29-16-18)26(33)21-10-8-20(9-11-21)25(32)19-6-2-1-3-7-19/h1-16H,17H2. The normalized spacial score (nSPS) is 10.9. The highest BCUT2D eigenvalue weighted by atomic mass is 79.9. The van der Waals surface area contributed by atoms with Crippen molar-refractivity contribution in [3.63, 3.8) is 0 Å². The molecule has 0 unspecified atom stereocenters. The van der Waals surface area contributed by atoms with Crippen molar-refractivity contribution in [3.05, 3.63) is 124 Å². The number of hydrogen-bond acceptors (Lipinski definition) is 5. The van der Waals surface area contributed by atoms with Crippen LogP contribution in [0.15, 0.2) is 102 Å². The summed E-state index contributed by atoms with van der Waals surface area (Å²) in [7, 11) is 0. The van der Waals surface area contributed by atoms with E-state index in [-0.39, 0.29) is 11.7 Å². The molecule has 0 N–H and O–H groups in total. The van der Waals surface area contributed by atoms with Gasteiger partial charge in [0.15, 0.2) is 10.9 Å². The van der Waals surface area contributed by atoms with Crippen molar-refractivity contribution in [1.82, 2.24) is 9.97 Å². The van der Waals surface area contributed by atoms with E-state index in [0.717, 1.165) is 20.3 Å². The van der Waals surface area contributed by atoms with Crippen LogP contribution in [-0.4, -0.2) is 21.7 Å². The Labute approximate surface area is 208 Å². The van der Waals surface area contributed by atoms with Crippen LogP contribution in [0.5, 0.6) is 0 Å². The Hall–Kier alpha value is -3.68. The van der Waals surface area contributed by atoms with Crippen molar-refractivity contribution in [2.24, 2.45) is 0 Å². The molecule has 7 heteroatoms. The van der Waals surface area contributed by atoms with Gasteiger partial charge in [0.2, 0.25) is 0 Å². The third kappa shape index (κ3) is 4.66. The third-order valence-electron chi connectivity index (χ3n) is 5.31. The molecular formula is C27H18BrN3O2S. The fourth-order valence-electron chi connectivity index (χ4n) is 3.58. The van der Waals surface area contributed by atoms with Gasteiger partial charge < -0.3 is 0 Å². The molecule has 34 heavy (non-hydrogen) atoms. The Kier molecular flexibility index (Phi) is 6.29. The lowest BCUT2D eigenvalue weighted by atomic mass is 10.0. The highest BCUT2D eigenvalue weighted by Gasteiger charge is 2.22. The average Bonchev–Trinajstić information content (AvgIpc) is 3.30. The molecule has 0 fully saturated rings. The third-order valence-corrected chi connectivity index (χ3v) is 6.84. The van der Waals surface area contributed by atoms with Crippen molar-refractivity contribution < 1.29 is 9.59 Å². The van der Waals surface area contributed by atoms with E-state index in [1.165, 1.54) is 11.3 Å². The van der Waals surface area contributed by atoms with Crippen molar-refractivity contribution in [2.45, 2.75) is 6.54 Å². The molecule has 1 amide bonds. The number of amides is 1. The Morgan fingerprint density at radius 2 is 1.59 bits per heavy atom. The van der Waals surface area contributed by atoms with Crippen LogP contribution in [0.2, 0.25) is 0 Å².